The van der Waals surface area contributed by atoms with Gasteiger partial charge in [0.15, 0.2) is 0 Å². The van der Waals surface area contributed by atoms with Crippen LogP contribution in [0.5, 0.6) is 0 Å². The Labute approximate surface area is 126 Å². The molecule has 1 aliphatic heterocycles. The molecule has 1 fully saturated rings. The number of piperidine rings is 1. The van der Waals surface area contributed by atoms with Gasteiger partial charge in [-0.05, 0) is 46.1 Å². The predicted octanol–water partition coefficient (Wildman–Crippen LogP) is 1.49. The number of hydrogen-bond donors (Lipinski definition) is 1. The van der Waals surface area contributed by atoms with Crippen LogP contribution in [0.25, 0.3) is 0 Å². The van der Waals surface area contributed by atoms with Crippen LogP contribution < -0.4 is 5.32 Å². The molecule has 1 aliphatic carbocycles. The molecule has 5 heteroatoms. The van der Waals surface area contributed by atoms with Crippen molar-refractivity contribution in [3.63, 3.8) is 0 Å². The second kappa shape index (κ2) is 7.07. The van der Waals surface area contributed by atoms with E-state index in [4.69, 9.17) is 4.74 Å². The third kappa shape index (κ3) is 3.84. The molecule has 5 nitrogen and oxygen atoms in total. The van der Waals surface area contributed by atoms with Crippen LogP contribution in [-0.2, 0) is 14.3 Å². The van der Waals surface area contributed by atoms with Gasteiger partial charge in [0.2, 0.25) is 5.91 Å². The second-order valence-electron chi connectivity index (χ2n) is 6.08. The first-order chi connectivity index (χ1) is 10.1. The monoisotopic (exact) mass is 294 g/mol. The zero-order chi connectivity index (χ0) is 15.3. The normalized spacial score (nSPS) is 25.3. The molecule has 1 N–H and O–H groups in total. The molecule has 21 heavy (non-hydrogen) atoms. The lowest BCUT2D eigenvalue weighted by molar-refractivity contribution is -0.156. The van der Waals surface area contributed by atoms with Gasteiger partial charge in [0.1, 0.15) is 5.54 Å². The van der Waals surface area contributed by atoms with Crippen LogP contribution in [0, 0.1) is 5.92 Å². The molecule has 118 valence electrons. The molecule has 1 saturated heterocycles. The molecule has 0 radical (unpaired) electrons. The van der Waals surface area contributed by atoms with Crippen LogP contribution in [-0.4, -0.2) is 49.1 Å². The Morgan fingerprint density at radius 1 is 1.33 bits per heavy atom. The van der Waals surface area contributed by atoms with Crippen molar-refractivity contribution in [3.8, 4) is 0 Å². The van der Waals surface area contributed by atoms with Gasteiger partial charge in [-0.2, -0.15) is 0 Å². The van der Waals surface area contributed by atoms with Gasteiger partial charge in [0.05, 0.1) is 6.61 Å². The Morgan fingerprint density at radius 3 is 2.62 bits per heavy atom. The Kier molecular flexibility index (Phi) is 5.39. The number of carbonyl (C=O) groups is 2. The zero-order valence-corrected chi connectivity index (χ0v) is 13.1. The Bertz CT molecular complexity index is 412. The van der Waals surface area contributed by atoms with E-state index < -0.39 is 5.54 Å². The van der Waals surface area contributed by atoms with Crippen molar-refractivity contribution in [1.29, 1.82) is 0 Å². The number of likely N-dealkylation sites (tertiary alicyclic amines) is 1. The largest absolute Gasteiger partial charge is 0.464 e. The standard InChI is InChI=1S/C16H26N2O3/c1-3-21-15(20)16(9-11-18(2)12-10-16)17-14(19)13-7-5-4-6-8-13/h4-5,13H,3,6-12H2,1-2H3,(H,17,19)/t13-/m0/s1. The predicted molar refractivity (Wildman–Crippen MR) is 80.7 cm³/mol. The topological polar surface area (TPSA) is 58.6 Å². The molecular formula is C16H26N2O3. The summed E-state index contributed by atoms with van der Waals surface area (Å²) in [6, 6.07) is 0. The summed E-state index contributed by atoms with van der Waals surface area (Å²) in [7, 11) is 2.03. The first kappa shape index (κ1) is 16.0. The lowest BCUT2D eigenvalue weighted by Gasteiger charge is -2.39. The summed E-state index contributed by atoms with van der Waals surface area (Å²) in [6.45, 7) is 3.74. The van der Waals surface area contributed by atoms with Gasteiger partial charge in [-0.25, -0.2) is 4.79 Å². The number of rotatable bonds is 4. The number of hydrogen-bond acceptors (Lipinski definition) is 4. The van der Waals surface area contributed by atoms with Crippen molar-refractivity contribution in [2.24, 2.45) is 5.92 Å². The fourth-order valence-electron chi connectivity index (χ4n) is 3.02. The van der Waals surface area contributed by atoms with E-state index in [-0.39, 0.29) is 17.8 Å². The molecular weight excluding hydrogens is 268 g/mol. The molecule has 1 amide bonds. The van der Waals surface area contributed by atoms with Gasteiger partial charge in [-0.15, -0.1) is 0 Å². The summed E-state index contributed by atoms with van der Waals surface area (Å²) < 4.78 is 5.22. The summed E-state index contributed by atoms with van der Waals surface area (Å²) in [5.41, 5.74) is -0.833. The molecule has 0 aromatic carbocycles. The van der Waals surface area contributed by atoms with Gasteiger partial charge in [0.25, 0.3) is 0 Å². The summed E-state index contributed by atoms with van der Waals surface area (Å²) in [6.07, 6.45) is 7.98. The molecule has 0 aromatic rings. The van der Waals surface area contributed by atoms with E-state index in [1.807, 2.05) is 7.05 Å². The van der Waals surface area contributed by atoms with Crippen molar-refractivity contribution in [2.45, 2.75) is 44.6 Å². The fourth-order valence-corrected chi connectivity index (χ4v) is 3.02. The van der Waals surface area contributed by atoms with Crippen LogP contribution in [0.15, 0.2) is 12.2 Å². The molecule has 0 bridgehead atoms. The van der Waals surface area contributed by atoms with Gasteiger partial charge >= 0.3 is 5.97 Å². The van der Waals surface area contributed by atoms with E-state index in [2.05, 4.69) is 22.4 Å². The maximum Gasteiger partial charge on any atom is 0.331 e. The van der Waals surface area contributed by atoms with Crippen molar-refractivity contribution in [1.82, 2.24) is 10.2 Å². The van der Waals surface area contributed by atoms with Gasteiger partial charge in [-0.1, -0.05) is 12.2 Å². The Balaban J connectivity index is 2.06. The van der Waals surface area contributed by atoms with Crippen molar-refractivity contribution in [2.75, 3.05) is 26.7 Å². The highest BCUT2D eigenvalue weighted by Crippen LogP contribution is 2.26. The highest BCUT2D eigenvalue weighted by Gasteiger charge is 2.44. The summed E-state index contributed by atoms with van der Waals surface area (Å²) >= 11 is 0. The maximum absolute atomic E-state index is 12.5. The van der Waals surface area contributed by atoms with Crippen molar-refractivity contribution < 1.29 is 14.3 Å². The number of carbonyl (C=O) groups excluding carboxylic acids is 2. The smallest absolute Gasteiger partial charge is 0.331 e. The minimum absolute atomic E-state index is 0.00282. The van der Waals surface area contributed by atoms with Crippen LogP contribution in [0.3, 0.4) is 0 Å². The number of nitrogens with zero attached hydrogens (tertiary/aromatic N) is 1. The molecule has 0 spiro atoms. The summed E-state index contributed by atoms with van der Waals surface area (Å²) in [4.78, 5) is 27.0. The number of nitrogens with one attached hydrogen (secondary N) is 1. The first-order valence-electron chi connectivity index (χ1n) is 7.90. The van der Waals surface area contributed by atoms with E-state index in [1.165, 1.54) is 0 Å². The van der Waals surface area contributed by atoms with Crippen LogP contribution in [0.2, 0.25) is 0 Å². The zero-order valence-electron chi connectivity index (χ0n) is 13.1. The number of esters is 1. The minimum atomic E-state index is -0.833. The Morgan fingerprint density at radius 2 is 2.05 bits per heavy atom. The van der Waals surface area contributed by atoms with Gasteiger partial charge in [0, 0.05) is 19.0 Å². The highest BCUT2D eigenvalue weighted by molar-refractivity contribution is 5.89. The van der Waals surface area contributed by atoms with E-state index in [0.29, 0.717) is 19.4 Å². The summed E-state index contributed by atoms with van der Waals surface area (Å²) in [5, 5.41) is 3.03. The number of amides is 1. The van der Waals surface area contributed by atoms with Crippen LogP contribution in [0.1, 0.15) is 39.0 Å². The average Bonchev–Trinajstić information content (AvgIpc) is 2.51. The number of ether oxygens (including phenoxy) is 1. The highest BCUT2D eigenvalue weighted by atomic mass is 16.5. The molecule has 1 heterocycles. The van der Waals surface area contributed by atoms with Crippen molar-refractivity contribution in [3.05, 3.63) is 12.2 Å². The average molecular weight is 294 g/mol. The molecule has 2 rings (SSSR count). The maximum atomic E-state index is 12.5. The molecule has 0 saturated carbocycles. The van der Waals surface area contributed by atoms with E-state index in [9.17, 15) is 9.59 Å². The molecule has 1 atom stereocenters. The van der Waals surface area contributed by atoms with Crippen molar-refractivity contribution >= 4 is 11.9 Å². The SMILES string of the molecule is CCOC(=O)C1(NC(=O)[C@H]2CC=CCC2)CCN(C)CC1. The summed E-state index contributed by atoms with van der Waals surface area (Å²) in [5.74, 6) is -0.296. The van der Waals surface area contributed by atoms with E-state index in [1.54, 1.807) is 6.92 Å². The van der Waals surface area contributed by atoms with Gasteiger partial charge in [-0.3, -0.25) is 4.79 Å². The molecule has 0 unspecified atom stereocenters. The second-order valence-corrected chi connectivity index (χ2v) is 6.08. The van der Waals surface area contributed by atoms with Gasteiger partial charge < -0.3 is 15.0 Å². The van der Waals surface area contributed by atoms with Crippen LogP contribution >= 0.6 is 0 Å². The van der Waals surface area contributed by atoms with Crippen LogP contribution in [0.4, 0.5) is 0 Å². The lowest BCUT2D eigenvalue weighted by Crippen LogP contribution is -2.61. The fraction of sp³-hybridized carbons (Fsp3) is 0.750. The first-order valence-corrected chi connectivity index (χ1v) is 7.90. The van der Waals surface area contributed by atoms with E-state index in [0.717, 1.165) is 32.4 Å². The quantitative estimate of drug-likeness (QED) is 0.630. The Hall–Kier alpha value is -1.36. The molecule has 0 aromatic heterocycles. The molecule has 2 aliphatic rings. The number of allylic oxidation sites excluding steroid dienone is 2. The third-order valence-electron chi connectivity index (χ3n) is 4.51. The third-order valence-corrected chi connectivity index (χ3v) is 4.51. The lowest BCUT2D eigenvalue weighted by atomic mass is 9.85. The minimum Gasteiger partial charge on any atom is -0.464 e. The van der Waals surface area contributed by atoms with E-state index >= 15 is 0 Å².